The second-order valence-electron chi connectivity index (χ2n) is 5.60. The van der Waals surface area contributed by atoms with Gasteiger partial charge in [0, 0.05) is 6.04 Å². The second kappa shape index (κ2) is 3.89. The van der Waals surface area contributed by atoms with Crippen LogP contribution in [0.5, 0.6) is 0 Å². The third kappa shape index (κ3) is 2.47. The first kappa shape index (κ1) is 11.7. The van der Waals surface area contributed by atoms with E-state index in [-0.39, 0.29) is 30.4 Å². The number of hydrogen-bond donors (Lipinski definition) is 2. The number of carbonyl (C=O) groups is 1. The predicted molar refractivity (Wildman–Crippen MR) is 59.0 cm³/mol. The van der Waals surface area contributed by atoms with Crippen LogP contribution in [0.15, 0.2) is 0 Å². The van der Waals surface area contributed by atoms with Gasteiger partial charge in [0.1, 0.15) is 5.60 Å². The first-order valence-electron chi connectivity index (χ1n) is 5.76. The molecule has 0 aliphatic carbocycles. The van der Waals surface area contributed by atoms with E-state index in [0.717, 1.165) is 12.8 Å². The summed E-state index contributed by atoms with van der Waals surface area (Å²) in [4.78, 5) is 11.6. The van der Waals surface area contributed by atoms with E-state index in [9.17, 15) is 4.79 Å². The average molecular weight is 228 g/mol. The minimum atomic E-state index is -0.459. The van der Waals surface area contributed by atoms with Crippen LogP contribution in [0.1, 0.15) is 33.6 Å². The lowest BCUT2D eigenvalue weighted by Crippen LogP contribution is -2.47. The Labute approximate surface area is 95.7 Å². The van der Waals surface area contributed by atoms with E-state index in [1.807, 2.05) is 20.8 Å². The van der Waals surface area contributed by atoms with Crippen molar-refractivity contribution in [2.45, 2.75) is 63.5 Å². The topological polar surface area (TPSA) is 73.6 Å². The zero-order valence-corrected chi connectivity index (χ0v) is 10.0. The van der Waals surface area contributed by atoms with Crippen molar-refractivity contribution in [1.29, 1.82) is 0 Å². The molecule has 2 aliphatic heterocycles. The van der Waals surface area contributed by atoms with Crippen molar-refractivity contribution in [1.82, 2.24) is 5.32 Å². The third-order valence-electron chi connectivity index (χ3n) is 2.97. The minimum absolute atomic E-state index is 0.0552. The fraction of sp³-hybridized carbons (Fsp3) is 0.909. The first-order valence-corrected chi connectivity index (χ1v) is 5.76. The lowest BCUT2D eigenvalue weighted by molar-refractivity contribution is 0.0461. The van der Waals surface area contributed by atoms with Crippen molar-refractivity contribution in [2.24, 2.45) is 5.73 Å². The number of fused-ring (bicyclic) bond motifs is 2. The Balaban J connectivity index is 1.82. The van der Waals surface area contributed by atoms with E-state index < -0.39 is 5.60 Å². The van der Waals surface area contributed by atoms with Gasteiger partial charge in [-0.1, -0.05) is 0 Å². The maximum atomic E-state index is 11.6. The van der Waals surface area contributed by atoms with Gasteiger partial charge in [0.2, 0.25) is 0 Å². The van der Waals surface area contributed by atoms with Crippen LogP contribution >= 0.6 is 0 Å². The highest BCUT2D eigenvalue weighted by Crippen LogP contribution is 2.33. The molecule has 0 aromatic rings. The molecule has 2 heterocycles. The van der Waals surface area contributed by atoms with Gasteiger partial charge in [0.05, 0.1) is 18.2 Å². The fourth-order valence-corrected chi connectivity index (χ4v) is 2.30. The molecule has 1 amide bonds. The Kier molecular flexibility index (Phi) is 2.84. The first-order chi connectivity index (χ1) is 7.35. The monoisotopic (exact) mass is 228 g/mol. The van der Waals surface area contributed by atoms with Crippen LogP contribution in [0, 0.1) is 0 Å². The van der Waals surface area contributed by atoms with Gasteiger partial charge in [-0.25, -0.2) is 4.79 Å². The number of nitrogens with two attached hydrogens (primary N) is 1. The molecule has 2 aliphatic rings. The number of hydrogen-bond acceptors (Lipinski definition) is 4. The number of rotatable bonds is 1. The summed E-state index contributed by atoms with van der Waals surface area (Å²) in [6.07, 6.45) is 1.41. The predicted octanol–water partition coefficient (Wildman–Crippen LogP) is 0.768. The molecule has 0 aromatic carbocycles. The highest BCUT2D eigenvalue weighted by atomic mass is 16.6. The molecule has 92 valence electrons. The summed E-state index contributed by atoms with van der Waals surface area (Å²) < 4.78 is 10.8. The molecule has 0 spiro atoms. The Morgan fingerprint density at radius 2 is 2.06 bits per heavy atom. The van der Waals surface area contributed by atoms with Gasteiger partial charge in [0.25, 0.3) is 0 Å². The zero-order chi connectivity index (χ0) is 11.9. The molecule has 0 unspecified atom stereocenters. The number of nitrogens with one attached hydrogen (secondary N) is 1. The van der Waals surface area contributed by atoms with Crippen molar-refractivity contribution in [3.63, 3.8) is 0 Å². The van der Waals surface area contributed by atoms with Gasteiger partial charge in [0.15, 0.2) is 0 Å². The van der Waals surface area contributed by atoms with Crippen molar-refractivity contribution in [2.75, 3.05) is 0 Å². The molecule has 5 heteroatoms. The molecule has 5 nitrogen and oxygen atoms in total. The maximum Gasteiger partial charge on any atom is 0.407 e. The SMILES string of the molecule is CC(C)(C)OC(=O)N[C@H]1C[C@H]2O[C@@H]1C[C@@H]2N. The molecule has 0 radical (unpaired) electrons. The van der Waals surface area contributed by atoms with Gasteiger partial charge < -0.3 is 20.5 Å². The van der Waals surface area contributed by atoms with Crippen LogP contribution in [0.25, 0.3) is 0 Å². The Hall–Kier alpha value is -0.810. The van der Waals surface area contributed by atoms with Crippen molar-refractivity contribution < 1.29 is 14.3 Å². The van der Waals surface area contributed by atoms with E-state index in [1.54, 1.807) is 0 Å². The van der Waals surface area contributed by atoms with Crippen molar-refractivity contribution in [3.8, 4) is 0 Å². The largest absolute Gasteiger partial charge is 0.444 e. The van der Waals surface area contributed by atoms with Crippen LogP contribution in [0.4, 0.5) is 4.79 Å². The summed E-state index contributed by atoms with van der Waals surface area (Å²) >= 11 is 0. The van der Waals surface area contributed by atoms with Gasteiger partial charge in [-0.05, 0) is 33.6 Å². The van der Waals surface area contributed by atoms with Gasteiger partial charge in [-0.3, -0.25) is 0 Å². The summed E-state index contributed by atoms with van der Waals surface area (Å²) in [5, 5.41) is 2.85. The summed E-state index contributed by atoms with van der Waals surface area (Å²) in [6.45, 7) is 5.54. The van der Waals surface area contributed by atoms with Gasteiger partial charge >= 0.3 is 6.09 Å². The highest BCUT2D eigenvalue weighted by molar-refractivity contribution is 5.68. The Morgan fingerprint density at radius 1 is 1.38 bits per heavy atom. The molecular formula is C11H20N2O3. The summed E-state index contributed by atoms with van der Waals surface area (Å²) in [5.41, 5.74) is 5.39. The molecule has 2 saturated heterocycles. The minimum Gasteiger partial charge on any atom is -0.444 e. The zero-order valence-electron chi connectivity index (χ0n) is 10.0. The number of carbonyl (C=O) groups excluding carboxylic acids is 1. The van der Waals surface area contributed by atoms with Crippen LogP contribution in [0.3, 0.4) is 0 Å². The van der Waals surface area contributed by atoms with E-state index in [1.165, 1.54) is 0 Å². The molecule has 4 atom stereocenters. The lowest BCUT2D eigenvalue weighted by atomic mass is 9.92. The quantitative estimate of drug-likeness (QED) is 0.695. The van der Waals surface area contributed by atoms with Crippen LogP contribution in [-0.2, 0) is 9.47 Å². The highest BCUT2D eigenvalue weighted by Gasteiger charge is 2.46. The standard InChI is InChI=1S/C11H20N2O3/c1-11(2,3)16-10(14)13-7-5-8-6(12)4-9(7)15-8/h6-9H,4-5,12H2,1-3H3,(H,13,14)/t6-,7-,8+,9+/m0/s1. The van der Waals surface area contributed by atoms with E-state index in [0.29, 0.717) is 0 Å². The van der Waals surface area contributed by atoms with Crippen LogP contribution in [0.2, 0.25) is 0 Å². The second-order valence-corrected chi connectivity index (χ2v) is 5.60. The van der Waals surface area contributed by atoms with Crippen LogP contribution < -0.4 is 11.1 Å². The van der Waals surface area contributed by atoms with Crippen molar-refractivity contribution in [3.05, 3.63) is 0 Å². The molecule has 2 rings (SSSR count). The van der Waals surface area contributed by atoms with E-state index in [4.69, 9.17) is 15.2 Å². The number of alkyl carbamates (subject to hydrolysis) is 1. The maximum absolute atomic E-state index is 11.6. The smallest absolute Gasteiger partial charge is 0.407 e. The van der Waals surface area contributed by atoms with Crippen LogP contribution in [-0.4, -0.2) is 36.0 Å². The third-order valence-corrected chi connectivity index (χ3v) is 2.97. The number of amides is 1. The molecule has 2 fully saturated rings. The van der Waals surface area contributed by atoms with E-state index >= 15 is 0 Å². The molecule has 16 heavy (non-hydrogen) atoms. The summed E-state index contributed by atoms with van der Waals surface area (Å²) in [6, 6.07) is 0.182. The summed E-state index contributed by atoms with van der Waals surface area (Å²) in [7, 11) is 0. The average Bonchev–Trinajstić information content (AvgIpc) is 2.58. The normalized spacial score (nSPS) is 37.5. The van der Waals surface area contributed by atoms with E-state index in [2.05, 4.69) is 5.32 Å². The molecule has 0 aromatic heterocycles. The molecule has 2 bridgehead atoms. The molecular weight excluding hydrogens is 208 g/mol. The lowest BCUT2D eigenvalue weighted by Gasteiger charge is -2.25. The fourth-order valence-electron chi connectivity index (χ4n) is 2.30. The molecule has 3 N–H and O–H groups in total. The van der Waals surface area contributed by atoms with Crippen molar-refractivity contribution >= 4 is 6.09 Å². The Morgan fingerprint density at radius 3 is 2.50 bits per heavy atom. The van der Waals surface area contributed by atoms with Gasteiger partial charge in [-0.15, -0.1) is 0 Å². The Bertz CT molecular complexity index is 285. The number of ether oxygens (including phenoxy) is 2. The van der Waals surface area contributed by atoms with Gasteiger partial charge in [-0.2, -0.15) is 0 Å². The summed E-state index contributed by atoms with van der Waals surface area (Å²) in [5.74, 6) is 0. The molecule has 0 saturated carbocycles.